The van der Waals surface area contributed by atoms with E-state index in [9.17, 15) is 13.2 Å². The molecule has 2 N–H and O–H groups in total. The summed E-state index contributed by atoms with van der Waals surface area (Å²) >= 11 is 6.00. The maximum Gasteiger partial charge on any atom is 0.274 e. The summed E-state index contributed by atoms with van der Waals surface area (Å²) in [7, 11) is -3.79. The van der Waals surface area contributed by atoms with Crippen molar-refractivity contribution >= 4 is 27.5 Å². The number of rotatable bonds is 4. The van der Waals surface area contributed by atoms with Gasteiger partial charge in [-0.3, -0.25) is 4.79 Å². The van der Waals surface area contributed by atoms with Crippen LogP contribution in [0.1, 0.15) is 23.3 Å². The second-order valence-electron chi connectivity index (χ2n) is 6.87. The molecule has 1 aliphatic rings. The third-order valence-corrected chi connectivity index (χ3v) is 6.05. The number of carbonyl (C=O) groups excluding carboxylic acids is 1. The van der Waals surface area contributed by atoms with Gasteiger partial charge < -0.3 is 4.90 Å². The number of halogens is 1. The molecule has 2 heterocycles. The molecule has 0 aliphatic carbocycles. The molecule has 1 saturated heterocycles. The Balaban J connectivity index is 1.80. The van der Waals surface area contributed by atoms with Gasteiger partial charge >= 0.3 is 0 Å². The molecule has 1 aromatic heterocycles. The van der Waals surface area contributed by atoms with Crippen LogP contribution in [-0.4, -0.2) is 42.1 Å². The van der Waals surface area contributed by atoms with Gasteiger partial charge in [-0.2, -0.15) is 5.10 Å². The number of aromatic nitrogens is 2. The molecule has 0 saturated carbocycles. The van der Waals surface area contributed by atoms with Crippen molar-refractivity contribution in [1.29, 1.82) is 0 Å². The zero-order valence-electron chi connectivity index (χ0n) is 15.5. The highest BCUT2D eigenvalue weighted by Gasteiger charge is 2.24. The molecule has 0 atom stereocenters. The van der Waals surface area contributed by atoms with E-state index in [0.29, 0.717) is 22.0 Å². The van der Waals surface area contributed by atoms with E-state index in [4.69, 9.17) is 16.7 Å². The van der Waals surface area contributed by atoms with E-state index in [0.717, 1.165) is 31.6 Å². The molecule has 7 nitrogen and oxygen atoms in total. The number of amides is 1. The maximum absolute atomic E-state index is 12.8. The van der Waals surface area contributed by atoms with Crippen molar-refractivity contribution in [1.82, 2.24) is 14.7 Å². The molecule has 4 rings (SSSR count). The van der Waals surface area contributed by atoms with Crippen LogP contribution in [0, 0.1) is 0 Å². The van der Waals surface area contributed by atoms with Crippen molar-refractivity contribution in [2.45, 2.75) is 17.7 Å². The largest absolute Gasteiger partial charge is 0.337 e. The zero-order valence-corrected chi connectivity index (χ0v) is 17.0. The number of likely N-dealkylation sites (tertiary alicyclic amines) is 1. The third kappa shape index (κ3) is 4.05. The predicted octanol–water partition coefficient (Wildman–Crippen LogP) is 3.08. The molecule has 150 valence electrons. The number of sulfonamides is 1. The van der Waals surface area contributed by atoms with Crippen LogP contribution in [-0.2, 0) is 10.0 Å². The van der Waals surface area contributed by atoms with Gasteiger partial charge in [-0.05, 0) is 55.3 Å². The third-order valence-electron chi connectivity index (χ3n) is 4.87. The van der Waals surface area contributed by atoms with E-state index in [1.165, 1.54) is 12.1 Å². The lowest BCUT2D eigenvalue weighted by molar-refractivity contribution is 0.0786. The lowest BCUT2D eigenvalue weighted by atomic mass is 10.1. The van der Waals surface area contributed by atoms with Crippen molar-refractivity contribution in [3.63, 3.8) is 0 Å². The number of benzene rings is 2. The van der Waals surface area contributed by atoms with Gasteiger partial charge in [-0.25, -0.2) is 18.2 Å². The summed E-state index contributed by atoms with van der Waals surface area (Å²) < 4.78 is 24.7. The van der Waals surface area contributed by atoms with Crippen LogP contribution in [0.2, 0.25) is 5.02 Å². The Hall–Kier alpha value is -2.68. The molecule has 0 spiro atoms. The number of hydrogen-bond donors (Lipinski definition) is 1. The minimum atomic E-state index is -3.79. The van der Waals surface area contributed by atoms with E-state index in [2.05, 4.69) is 5.10 Å². The highest BCUT2D eigenvalue weighted by molar-refractivity contribution is 7.89. The van der Waals surface area contributed by atoms with Gasteiger partial charge in [0, 0.05) is 23.7 Å². The molecule has 0 unspecified atom stereocenters. The van der Waals surface area contributed by atoms with E-state index >= 15 is 0 Å². The Morgan fingerprint density at radius 3 is 2.21 bits per heavy atom. The molecule has 29 heavy (non-hydrogen) atoms. The standard InChI is InChI=1S/C20H19ClN4O3S/c21-15-5-7-16(8-6-15)25-19(14-3-9-17(10-4-14)29(22,27)28)13-18(23-25)20(26)24-11-1-2-12-24/h3-10,13H,1-2,11-12H2,(H2,22,27,28). The quantitative estimate of drug-likeness (QED) is 0.687. The van der Waals surface area contributed by atoms with Crippen LogP contribution in [0.15, 0.2) is 59.5 Å². The van der Waals surface area contributed by atoms with Gasteiger partial charge in [0.15, 0.2) is 5.69 Å². The molecule has 1 aliphatic heterocycles. The number of carbonyl (C=O) groups is 1. The van der Waals surface area contributed by atoms with Gasteiger partial charge in [0.2, 0.25) is 10.0 Å². The zero-order chi connectivity index (χ0) is 20.6. The van der Waals surface area contributed by atoms with Crippen LogP contribution >= 0.6 is 11.6 Å². The summed E-state index contributed by atoms with van der Waals surface area (Å²) in [5.41, 5.74) is 2.45. The van der Waals surface area contributed by atoms with Gasteiger partial charge in [0.25, 0.3) is 5.91 Å². The second kappa shape index (κ2) is 7.62. The van der Waals surface area contributed by atoms with E-state index in [-0.39, 0.29) is 10.8 Å². The highest BCUT2D eigenvalue weighted by atomic mass is 35.5. The normalized spacial score (nSPS) is 14.3. The van der Waals surface area contributed by atoms with Crippen molar-refractivity contribution in [3.05, 3.63) is 65.3 Å². The van der Waals surface area contributed by atoms with Crippen LogP contribution in [0.4, 0.5) is 0 Å². The molecule has 1 fully saturated rings. The van der Waals surface area contributed by atoms with Crippen molar-refractivity contribution in [3.8, 4) is 16.9 Å². The summed E-state index contributed by atoms with van der Waals surface area (Å²) in [5.74, 6) is -0.113. The van der Waals surface area contributed by atoms with Crippen LogP contribution in [0.25, 0.3) is 16.9 Å². The highest BCUT2D eigenvalue weighted by Crippen LogP contribution is 2.27. The van der Waals surface area contributed by atoms with Crippen molar-refractivity contribution in [2.24, 2.45) is 5.14 Å². The summed E-state index contributed by atoms with van der Waals surface area (Å²) in [5, 5.41) is 10.3. The Morgan fingerprint density at radius 2 is 1.62 bits per heavy atom. The minimum absolute atomic E-state index is 0.0205. The monoisotopic (exact) mass is 430 g/mol. The topological polar surface area (TPSA) is 98.3 Å². The SMILES string of the molecule is NS(=O)(=O)c1ccc(-c2cc(C(=O)N3CCCC3)nn2-c2ccc(Cl)cc2)cc1. The van der Waals surface area contributed by atoms with E-state index < -0.39 is 10.0 Å². The fraction of sp³-hybridized carbons (Fsp3) is 0.200. The first-order chi connectivity index (χ1) is 13.8. The summed E-state index contributed by atoms with van der Waals surface area (Å²) in [6, 6.07) is 15.0. The molecular formula is C20H19ClN4O3S. The number of primary sulfonamides is 1. The van der Waals surface area contributed by atoms with Crippen molar-refractivity contribution < 1.29 is 13.2 Å². The van der Waals surface area contributed by atoms with E-state index in [1.54, 1.807) is 39.9 Å². The van der Waals surface area contributed by atoms with Gasteiger partial charge in [0.1, 0.15) is 0 Å². The fourth-order valence-electron chi connectivity index (χ4n) is 3.37. The fourth-order valence-corrected chi connectivity index (χ4v) is 4.01. The lowest BCUT2D eigenvalue weighted by Gasteiger charge is -2.12. The Morgan fingerprint density at radius 1 is 1.00 bits per heavy atom. The average molecular weight is 431 g/mol. The van der Waals surface area contributed by atoms with Gasteiger partial charge in [0.05, 0.1) is 16.3 Å². The Bertz CT molecular complexity index is 1150. The number of nitrogens with two attached hydrogens (primary N) is 1. The Labute approximate surface area is 173 Å². The van der Waals surface area contributed by atoms with E-state index in [1.807, 2.05) is 12.1 Å². The number of hydrogen-bond acceptors (Lipinski definition) is 4. The summed E-state index contributed by atoms with van der Waals surface area (Å²) in [6.45, 7) is 1.45. The summed E-state index contributed by atoms with van der Waals surface area (Å²) in [4.78, 5) is 14.7. The first-order valence-corrected chi connectivity index (χ1v) is 11.0. The average Bonchev–Trinajstić information content (AvgIpc) is 3.38. The first kappa shape index (κ1) is 19.6. The molecular weight excluding hydrogens is 412 g/mol. The van der Waals surface area contributed by atoms with Crippen LogP contribution in [0.3, 0.4) is 0 Å². The molecule has 1 amide bonds. The van der Waals surface area contributed by atoms with Crippen molar-refractivity contribution in [2.75, 3.05) is 13.1 Å². The maximum atomic E-state index is 12.8. The van der Waals surface area contributed by atoms with Gasteiger partial charge in [-0.1, -0.05) is 23.7 Å². The predicted molar refractivity (Wildman–Crippen MR) is 111 cm³/mol. The molecule has 9 heteroatoms. The second-order valence-corrected chi connectivity index (χ2v) is 8.87. The van der Waals surface area contributed by atoms with Crippen LogP contribution in [0.5, 0.6) is 0 Å². The minimum Gasteiger partial charge on any atom is -0.337 e. The molecule has 0 radical (unpaired) electrons. The smallest absolute Gasteiger partial charge is 0.274 e. The first-order valence-electron chi connectivity index (χ1n) is 9.11. The summed E-state index contributed by atoms with van der Waals surface area (Å²) in [6.07, 6.45) is 1.98. The number of nitrogens with zero attached hydrogens (tertiary/aromatic N) is 3. The molecule has 2 aromatic carbocycles. The molecule has 3 aromatic rings. The Kier molecular flexibility index (Phi) is 5.16. The molecule has 0 bridgehead atoms. The van der Waals surface area contributed by atoms with Crippen LogP contribution < -0.4 is 5.14 Å². The lowest BCUT2D eigenvalue weighted by Crippen LogP contribution is -2.28. The van der Waals surface area contributed by atoms with Gasteiger partial charge in [-0.15, -0.1) is 0 Å².